The number of nitrogens with zero attached hydrogens (tertiary/aromatic N) is 3. The van der Waals surface area contributed by atoms with Crippen molar-refractivity contribution >= 4 is 23.6 Å². The van der Waals surface area contributed by atoms with E-state index in [1.807, 2.05) is 6.07 Å². The van der Waals surface area contributed by atoms with Gasteiger partial charge in [-0.05, 0) is 71.2 Å². The Kier molecular flexibility index (Phi) is 3.71. The molecule has 1 aromatic heterocycles. The van der Waals surface area contributed by atoms with Crippen LogP contribution in [0.25, 0.3) is 11.0 Å². The highest BCUT2D eigenvalue weighted by Gasteiger charge is 2.51. The van der Waals surface area contributed by atoms with Gasteiger partial charge in [0, 0.05) is 0 Å². The fourth-order valence-corrected chi connectivity index (χ4v) is 3.41. The summed E-state index contributed by atoms with van der Waals surface area (Å²) < 4.78 is 14.3. The third-order valence-electron chi connectivity index (χ3n) is 5.68. The maximum Gasteiger partial charge on any atom is 0.494 e. The lowest BCUT2D eigenvalue weighted by molar-refractivity contribution is 0.00578. The Morgan fingerprint density at radius 1 is 1.12 bits per heavy atom. The summed E-state index contributed by atoms with van der Waals surface area (Å²) in [5, 5.41) is 12.2. The molecule has 0 aliphatic carbocycles. The SMILES string of the molecule is CC1(C)OB(c2ccc3c(c2)nnn3C2CCNCC2)OC1(C)C. The summed E-state index contributed by atoms with van der Waals surface area (Å²) in [5.41, 5.74) is 2.32. The Balaban J connectivity index is 1.63. The Bertz CT molecular complexity index is 736. The third-order valence-corrected chi connectivity index (χ3v) is 5.68. The molecule has 24 heavy (non-hydrogen) atoms. The smallest absolute Gasteiger partial charge is 0.399 e. The molecule has 1 aromatic carbocycles. The van der Waals surface area contributed by atoms with Gasteiger partial charge in [-0.25, -0.2) is 4.68 Å². The molecular weight excluding hydrogens is 303 g/mol. The number of piperidine rings is 1. The number of aromatic nitrogens is 3. The van der Waals surface area contributed by atoms with E-state index < -0.39 is 0 Å². The molecule has 0 saturated carbocycles. The van der Waals surface area contributed by atoms with Gasteiger partial charge < -0.3 is 14.6 Å². The van der Waals surface area contributed by atoms with E-state index in [2.05, 4.69) is 60.1 Å². The number of hydrogen-bond donors (Lipinski definition) is 1. The molecule has 7 heteroatoms. The number of benzene rings is 1. The van der Waals surface area contributed by atoms with E-state index in [9.17, 15) is 0 Å². The van der Waals surface area contributed by atoms with E-state index in [0.29, 0.717) is 6.04 Å². The van der Waals surface area contributed by atoms with Gasteiger partial charge in [-0.15, -0.1) is 5.10 Å². The topological polar surface area (TPSA) is 61.2 Å². The number of hydrogen-bond acceptors (Lipinski definition) is 5. The minimum atomic E-state index is -0.358. The second kappa shape index (κ2) is 5.54. The minimum absolute atomic E-state index is 0.334. The molecule has 128 valence electrons. The van der Waals surface area contributed by atoms with Crippen molar-refractivity contribution in [1.82, 2.24) is 20.3 Å². The highest BCUT2D eigenvalue weighted by molar-refractivity contribution is 6.62. The Morgan fingerprint density at radius 2 is 1.79 bits per heavy atom. The van der Waals surface area contributed by atoms with Gasteiger partial charge in [0.1, 0.15) is 5.52 Å². The number of rotatable bonds is 2. The van der Waals surface area contributed by atoms with E-state index in [4.69, 9.17) is 9.31 Å². The molecule has 1 N–H and O–H groups in total. The van der Waals surface area contributed by atoms with Crippen LogP contribution in [-0.2, 0) is 9.31 Å². The highest BCUT2D eigenvalue weighted by Crippen LogP contribution is 2.36. The summed E-state index contributed by atoms with van der Waals surface area (Å²) >= 11 is 0. The summed E-state index contributed by atoms with van der Waals surface area (Å²) in [5.74, 6) is 0. The van der Waals surface area contributed by atoms with Gasteiger partial charge in [-0.1, -0.05) is 11.3 Å². The summed E-state index contributed by atoms with van der Waals surface area (Å²) in [6.07, 6.45) is 2.19. The van der Waals surface area contributed by atoms with Gasteiger partial charge in [-0.3, -0.25) is 0 Å². The maximum atomic E-state index is 6.14. The minimum Gasteiger partial charge on any atom is -0.399 e. The van der Waals surface area contributed by atoms with Gasteiger partial charge in [-0.2, -0.15) is 0 Å². The molecular formula is C17H25BN4O2. The van der Waals surface area contributed by atoms with Crippen molar-refractivity contribution in [3.63, 3.8) is 0 Å². The van der Waals surface area contributed by atoms with Crippen LogP contribution in [0.4, 0.5) is 0 Å². The molecule has 0 spiro atoms. The summed E-state index contributed by atoms with van der Waals surface area (Å²) in [7, 11) is -0.358. The predicted molar refractivity (Wildman–Crippen MR) is 94.4 cm³/mol. The first kappa shape index (κ1) is 16.1. The summed E-state index contributed by atoms with van der Waals surface area (Å²) in [6, 6.07) is 6.64. The molecule has 6 nitrogen and oxygen atoms in total. The van der Waals surface area contributed by atoms with Gasteiger partial charge in [0.05, 0.1) is 22.8 Å². The first-order valence-electron chi connectivity index (χ1n) is 8.79. The number of nitrogens with one attached hydrogen (secondary N) is 1. The highest BCUT2D eigenvalue weighted by atomic mass is 16.7. The van der Waals surface area contributed by atoms with Crippen LogP contribution in [0.3, 0.4) is 0 Å². The van der Waals surface area contributed by atoms with E-state index >= 15 is 0 Å². The van der Waals surface area contributed by atoms with Crippen LogP contribution < -0.4 is 10.8 Å². The van der Waals surface area contributed by atoms with E-state index in [1.165, 1.54) is 0 Å². The van der Waals surface area contributed by atoms with Crippen molar-refractivity contribution in [2.24, 2.45) is 0 Å². The van der Waals surface area contributed by atoms with Crippen LogP contribution in [0.15, 0.2) is 18.2 Å². The van der Waals surface area contributed by atoms with Crippen molar-refractivity contribution in [1.29, 1.82) is 0 Å². The van der Waals surface area contributed by atoms with Gasteiger partial charge >= 0.3 is 7.12 Å². The molecule has 2 fully saturated rings. The van der Waals surface area contributed by atoms with Crippen molar-refractivity contribution in [3.8, 4) is 0 Å². The molecule has 2 aliphatic heterocycles. The average molecular weight is 328 g/mol. The quantitative estimate of drug-likeness (QED) is 0.850. The van der Waals surface area contributed by atoms with Crippen LogP contribution in [0.5, 0.6) is 0 Å². The predicted octanol–water partition coefficient (Wildman–Crippen LogP) is 1.65. The summed E-state index contributed by atoms with van der Waals surface area (Å²) in [4.78, 5) is 0. The first-order chi connectivity index (χ1) is 11.4. The molecule has 3 heterocycles. The largest absolute Gasteiger partial charge is 0.494 e. The van der Waals surface area contributed by atoms with Crippen LogP contribution >= 0.6 is 0 Å². The Morgan fingerprint density at radius 3 is 2.46 bits per heavy atom. The van der Waals surface area contributed by atoms with E-state index in [1.54, 1.807) is 0 Å². The molecule has 0 radical (unpaired) electrons. The molecule has 0 unspecified atom stereocenters. The molecule has 0 amide bonds. The molecule has 2 aliphatic rings. The van der Waals surface area contributed by atoms with Crippen molar-refractivity contribution in [3.05, 3.63) is 18.2 Å². The zero-order valence-electron chi connectivity index (χ0n) is 14.9. The lowest BCUT2D eigenvalue weighted by atomic mass is 9.79. The third kappa shape index (κ3) is 2.55. The van der Waals surface area contributed by atoms with E-state index in [0.717, 1.165) is 42.4 Å². The fourth-order valence-electron chi connectivity index (χ4n) is 3.41. The van der Waals surface area contributed by atoms with Crippen LogP contribution in [0.2, 0.25) is 0 Å². The van der Waals surface area contributed by atoms with Crippen molar-refractivity contribution in [2.45, 2.75) is 57.8 Å². The summed E-state index contributed by atoms with van der Waals surface area (Å²) in [6.45, 7) is 10.4. The van der Waals surface area contributed by atoms with Gasteiger partial charge in [0.25, 0.3) is 0 Å². The lowest BCUT2D eigenvalue weighted by Crippen LogP contribution is -2.41. The standard InChI is InChI=1S/C17H25BN4O2/c1-16(2)17(3,4)24-18(23-16)12-5-6-15-14(11-12)20-21-22(15)13-7-9-19-10-8-13/h5-6,11,13,19H,7-10H2,1-4H3. The molecule has 2 saturated heterocycles. The Hall–Kier alpha value is -1.44. The molecule has 0 atom stereocenters. The molecule has 0 bridgehead atoms. The van der Waals surface area contributed by atoms with Crippen molar-refractivity contribution in [2.75, 3.05) is 13.1 Å². The first-order valence-corrected chi connectivity index (χ1v) is 8.79. The normalized spacial score (nSPS) is 23.9. The lowest BCUT2D eigenvalue weighted by Gasteiger charge is -2.32. The van der Waals surface area contributed by atoms with Crippen LogP contribution in [0.1, 0.15) is 46.6 Å². The second-order valence-corrected chi connectivity index (χ2v) is 7.85. The van der Waals surface area contributed by atoms with Crippen LogP contribution in [-0.4, -0.2) is 46.4 Å². The van der Waals surface area contributed by atoms with Crippen molar-refractivity contribution < 1.29 is 9.31 Å². The van der Waals surface area contributed by atoms with Gasteiger partial charge in [0.2, 0.25) is 0 Å². The number of fused-ring (bicyclic) bond motifs is 1. The van der Waals surface area contributed by atoms with Gasteiger partial charge in [0.15, 0.2) is 0 Å². The Labute approximate surface area is 143 Å². The molecule has 2 aromatic rings. The second-order valence-electron chi connectivity index (χ2n) is 7.85. The van der Waals surface area contributed by atoms with Crippen LogP contribution in [0, 0.1) is 0 Å². The zero-order chi connectivity index (χ0) is 16.9. The fraction of sp³-hybridized carbons (Fsp3) is 0.647. The zero-order valence-corrected chi connectivity index (χ0v) is 14.9. The average Bonchev–Trinajstić information content (AvgIpc) is 3.06. The molecule has 4 rings (SSSR count). The van der Waals surface area contributed by atoms with E-state index in [-0.39, 0.29) is 18.3 Å². The monoisotopic (exact) mass is 328 g/mol. The maximum absolute atomic E-state index is 6.14.